The number of ether oxygens (including phenoxy) is 1. The van der Waals surface area contributed by atoms with Crippen molar-refractivity contribution in [3.05, 3.63) is 52.3 Å². The number of benzene rings is 2. The van der Waals surface area contributed by atoms with Gasteiger partial charge in [0.05, 0.1) is 17.2 Å². The van der Waals surface area contributed by atoms with Crippen molar-refractivity contribution < 1.29 is 13.9 Å². The smallest absolute Gasteiger partial charge is 0.153 e. The second-order valence-electron chi connectivity index (χ2n) is 5.41. The van der Waals surface area contributed by atoms with Gasteiger partial charge in [-0.05, 0) is 55.0 Å². The van der Waals surface area contributed by atoms with Gasteiger partial charge in [0.15, 0.2) is 6.29 Å². The highest BCUT2D eigenvalue weighted by Crippen LogP contribution is 2.50. The molecule has 0 heterocycles. The van der Waals surface area contributed by atoms with Gasteiger partial charge < -0.3 is 4.74 Å². The van der Waals surface area contributed by atoms with E-state index in [1.165, 1.54) is 12.1 Å². The Morgan fingerprint density at radius 3 is 2.55 bits per heavy atom. The van der Waals surface area contributed by atoms with Crippen molar-refractivity contribution in [1.29, 1.82) is 0 Å². The highest BCUT2D eigenvalue weighted by Gasteiger charge is 2.30. The van der Waals surface area contributed by atoms with Crippen LogP contribution in [0.4, 0.5) is 4.39 Å². The van der Waals surface area contributed by atoms with E-state index >= 15 is 0 Å². The van der Waals surface area contributed by atoms with Gasteiger partial charge in [0.25, 0.3) is 0 Å². The first-order chi connectivity index (χ1) is 10.7. The van der Waals surface area contributed by atoms with E-state index in [4.69, 9.17) is 16.3 Å². The van der Waals surface area contributed by atoms with Crippen molar-refractivity contribution in [3.63, 3.8) is 0 Å². The summed E-state index contributed by atoms with van der Waals surface area (Å²) in [6.45, 7) is 2.27. The lowest BCUT2D eigenvalue weighted by Gasteiger charge is -2.17. The molecule has 1 aliphatic rings. The summed E-state index contributed by atoms with van der Waals surface area (Å²) >= 11 is 6.55. The van der Waals surface area contributed by atoms with E-state index in [1.807, 2.05) is 13.0 Å². The minimum absolute atomic E-state index is 0.289. The van der Waals surface area contributed by atoms with Crippen LogP contribution in [0.25, 0.3) is 11.1 Å². The number of rotatable bonds is 5. The zero-order valence-electron chi connectivity index (χ0n) is 12.2. The SMILES string of the molecule is CCOc1c(C=O)cc(C2CC2)c(-c2ccc(F)cc2)c1Cl. The predicted octanol–water partition coefficient (Wildman–Crippen LogP) is 5.23. The van der Waals surface area contributed by atoms with Crippen LogP contribution in [0.2, 0.25) is 5.02 Å². The Kier molecular flexibility index (Phi) is 4.16. The monoisotopic (exact) mass is 318 g/mol. The molecule has 114 valence electrons. The molecule has 0 amide bonds. The first-order valence-corrected chi connectivity index (χ1v) is 7.73. The first-order valence-electron chi connectivity index (χ1n) is 7.36. The molecule has 22 heavy (non-hydrogen) atoms. The molecule has 2 aromatic rings. The Morgan fingerprint density at radius 2 is 2.00 bits per heavy atom. The molecule has 4 heteroatoms. The lowest BCUT2D eigenvalue weighted by Crippen LogP contribution is -2.01. The van der Waals surface area contributed by atoms with Crippen LogP contribution in [-0.2, 0) is 0 Å². The molecule has 1 saturated carbocycles. The summed E-state index contributed by atoms with van der Waals surface area (Å²) < 4.78 is 18.8. The summed E-state index contributed by atoms with van der Waals surface area (Å²) in [6.07, 6.45) is 2.94. The van der Waals surface area contributed by atoms with Gasteiger partial charge in [-0.1, -0.05) is 23.7 Å². The average Bonchev–Trinajstić information content (AvgIpc) is 3.35. The van der Waals surface area contributed by atoms with Crippen molar-refractivity contribution in [3.8, 4) is 16.9 Å². The van der Waals surface area contributed by atoms with Crippen molar-refractivity contribution in [2.45, 2.75) is 25.7 Å². The van der Waals surface area contributed by atoms with E-state index < -0.39 is 0 Å². The normalized spacial score (nSPS) is 14.0. The maximum atomic E-state index is 13.2. The second-order valence-corrected chi connectivity index (χ2v) is 5.78. The van der Waals surface area contributed by atoms with Crippen LogP contribution in [0, 0.1) is 5.82 Å². The summed E-state index contributed by atoms with van der Waals surface area (Å²) in [5, 5.41) is 0.431. The van der Waals surface area contributed by atoms with Crippen molar-refractivity contribution in [1.82, 2.24) is 0 Å². The van der Waals surface area contributed by atoms with Crippen LogP contribution in [-0.4, -0.2) is 12.9 Å². The second kappa shape index (κ2) is 6.09. The number of carbonyl (C=O) groups is 1. The fourth-order valence-corrected chi connectivity index (χ4v) is 3.06. The fraction of sp³-hybridized carbons (Fsp3) is 0.278. The van der Waals surface area contributed by atoms with Gasteiger partial charge in [0, 0.05) is 5.56 Å². The van der Waals surface area contributed by atoms with Gasteiger partial charge in [0.1, 0.15) is 11.6 Å². The molecule has 0 aliphatic heterocycles. The van der Waals surface area contributed by atoms with Crippen LogP contribution in [0.5, 0.6) is 5.75 Å². The Labute approximate surface area is 133 Å². The van der Waals surface area contributed by atoms with Crippen LogP contribution in [0.3, 0.4) is 0 Å². The van der Waals surface area contributed by atoms with Crippen LogP contribution in [0.15, 0.2) is 30.3 Å². The Morgan fingerprint density at radius 1 is 1.32 bits per heavy atom. The van der Waals surface area contributed by atoms with E-state index in [1.54, 1.807) is 12.1 Å². The Hall–Kier alpha value is -1.87. The molecule has 1 aliphatic carbocycles. The maximum absolute atomic E-state index is 13.2. The minimum atomic E-state index is -0.289. The number of halogens is 2. The molecular weight excluding hydrogens is 303 g/mol. The molecular formula is C18H16ClFO2. The summed E-state index contributed by atoms with van der Waals surface area (Å²) in [5.74, 6) is 0.525. The van der Waals surface area contributed by atoms with Crippen molar-refractivity contribution in [2.75, 3.05) is 6.61 Å². The molecule has 2 nitrogen and oxygen atoms in total. The third-order valence-electron chi connectivity index (χ3n) is 3.85. The molecule has 0 atom stereocenters. The lowest BCUT2D eigenvalue weighted by atomic mass is 9.94. The third kappa shape index (κ3) is 2.73. The van der Waals surface area contributed by atoms with Gasteiger partial charge in [-0.2, -0.15) is 0 Å². The predicted molar refractivity (Wildman–Crippen MR) is 85.4 cm³/mol. The lowest BCUT2D eigenvalue weighted by molar-refractivity contribution is 0.112. The van der Waals surface area contributed by atoms with Gasteiger partial charge in [-0.25, -0.2) is 4.39 Å². The zero-order valence-corrected chi connectivity index (χ0v) is 13.0. The van der Waals surface area contributed by atoms with Crippen molar-refractivity contribution in [2.24, 2.45) is 0 Å². The summed E-state index contributed by atoms with van der Waals surface area (Å²) in [4.78, 5) is 11.4. The number of aldehydes is 1. The number of carbonyl (C=O) groups excluding carboxylic acids is 1. The number of hydrogen-bond donors (Lipinski definition) is 0. The van der Waals surface area contributed by atoms with Gasteiger partial charge in [0.2, 0.25) is 0 Å². The summed E-state index contributed by atoms with van der Waals surface area (Å²) in [5.41, 5.74) is 3.20. The van der Waals surface area contributed by atoms with Crippen molar-refractivity contribution >= 4 is 17.9 Å². The average molecular weight is 319 g/mol. The Balaban J connectivity index is 2.23. The molecule has 3 rings (SSSR count). The van der Waals surface area contributed by atoms with Crippen LogP contribution < -0.4 is 4.74 Å². The first kappa shape index (κ1) is 15.0. The zero-order chi connectivity index (χ0) is 15.7. The highest BCUT2D eigenvalue weighted by molar-refractivity contribution is 6.35. The molecule has 0 spiro atoms. The molecule has 2 aromatic carbocycles. The van der Waals surface area contributed by atoms with Crippen LogP contribution >= 0.6 is 11.6 Å². The molecule has 0 unspecified atom stereocenters. The number of hydrogen-bond acceptors (Lipinski definition) is 2. The summed E-state index contributed by atoms with van der Waals surface area (Å²) in [6, 6.07) is 8.10. The molecule has 0 radical (unpaired) electrons. The molecule has 0 N–H and O–H groups in total. The highest BCUT2D eigenvalue weighted by atomic mass is 35.5. The van der Waals surface area contributed by atoms with Gasteiger partial charge >= 0.3 is 0 Å². The quantitative estimate of drug-likeness (QED) is 0.705. The molecule has 0 aromatic heterocycles. The molecule has 1 fully saturated rings. The maximum Gasteiger partial charge on any atom is 0.153 e. The van der Waals surface area contributed by atoms with E-state index in [0.29, 0.717) is 28.9 Å². The van der Waals surface area contributed by atoms with E-state index in [9.17, 15) is 9.18 Å². The van der Waals surface area contributed by atoms with E-state index in [-0.39, 0.29) is 5.82 Å². The standard InChI is InChI=1S/C18H16ClFO2/c1-2-22-18-13(10-21)9-15(11-3-4-11)16(17(18)19)12-5-7-14(20)8-6-12/h5-11H,2-4H2,1H3. The molecule has 0 bridgehead atoms. The fourth-order valence-electron chi connectivity index (χ4n) is 2.68. The van der Waals surface area contributed by atoms with Gasteiger partial charge in [-0.15, -0.1) is 0 Å². The van der Waals surface area contributed by atoms with E-state index in [0.717, 1.165) is 35.8 Å². The Bertz CT molecular complexity index is 706. The largest absolute Gasteiger partial charge is 0.492 e. The molecule has 0 saturated heterocycles. The topological polar surface area (TPSA) is 26.3 Å². The van der Waals surface area contributed by atoms with Gasteiger partial charge in [-0.3, -0.25) is 4.79 Å². The minimum Gasteiger partial charge on any atom is -0.492 e. The van der Waals surface area contributed by atoms with E-state index in [2.05, 4.69) is 0 Å². The third-order valence-corrected chi connectivity index (χ3v) is 4.21. The summed E-state index contributed by atoms with van der Waals surface area (Å²) in [7, 11) is 0. The van der Waals surface area contributed by atoms with Crippen LogP contribution in [0.1, 0.15) is 41.6 Å².